The lowest BCUT2D eigenvalue weighted by atomic mass is 9.75. The van der Waals surface area contributed by atoms with Crippen LogP contribution in [0.3, 0.4) is 0 Å². The zero-order valence-electron chi connectivity index (χ0n) is 18.4. The summed E-state index contributed by atoms with van der Waals surface area (Å²) in [5.74, 6) is 0.197. The summed E-state index contributed by atoms with van der Waals surface area (Å²) in [7, 11) is 0. The Morgan fingerprint density at radius 3 is 1.09 bits per heavy atom. The molecule has 2 nitrogen and oxygen atoms in total. The van der Waals surface area contributed by atoms with Gasteiger partial charge < -0.3 is 0 Å². The quantitative estimate of drug-likeness (QED) is 0.323. The Kier molecular flexibility index (Phi) is 3.91. The second-order valence-electron chi connectivity index (χ2n) is 10.1. The molecular weight excluding hydrogens is 392 g/mol. The highest BCUT2D eigenvalue weighted by atomic mass is 16.1. The highest BCUT2D eigenvalue weighted by Crippen LogP contribution is 2.37. The lowest BCUT2D eigenvalue weighted by molar-refractivity contribution is 0.103. The van der Waals surface area contributed by atoms with Crippen molar-refractivity contribution >= 4 is 11.6 Å². The summed E-state index contributed by atoms with van der Waals surface area (Å²) < 4.78 is 0. The first-order chi connectivity index (χ1) is 15.7. The minimum Gasteiger partial charge on any atom is -0.289 e. The van der Waals surface area contributed by atoms with Crippen molar-refractivity contribution in [2.24, 2.45) is 0 Å². The van der Waals surface area contributed by atoms with Crippen LogP contribution in [0.4, 0.5) is 0 Å². The molecule has 0 aromatic heterocycles. The smallest absolute Gasteiger partial charge is 0.193 e. The molecule has 3 aromatic carbocycles. The van der Waals surface area contributed by atoms with Crippen molar-refractivity contribution in [2.45, 2.75) is 64.2 Å². The zero-order chi connectivity index (χ0) is 21.4. The number of hydrogen-bond acceptors (Lipinski definition) is 2. The van der Waals surface area contributed by atoms with Gasteiger partial charge in [-0.25, -0.2) is 0 Å². The van der Waals surface area contributed by atoms with Crippen LogP contribution in [0.5, 0.6) is 0 Å². The summed E-state index contributed by atoms with van der Waals surface area (Å²) in [6.45, 7) is 0. The summed E-state index contributed by atoms with van der Waals surface area (Å²) in [5, 5.41) is 0. The molecule has 0 unspecified atom stereocenters. The van der Waals surface area contributed by atoms with Gasteiger partial charge >= 0.3 is 0 Å². The number of benzene rings is 3. The van der Waals surface area contributed by atoms with Crippen molar-refractivity contribution in [2.75, 3.05) is 0 Å². The molecule has 0 spiro atoms. The predicted octanol–water partition coefficient (Wildman–Crippen LogP) is 5.71. The normalized spacial score (nSPS) is 18.1. The van der Waals surface area contributed by atoms with E-state index in [2.05, 4.69) is 30.3 Å². The lowest BCUT2D eigenvalue weighted by Gasteiger charge is -2.27. The third-order valence-electron chi connectivity index (χ3n) is 8.20. The standard InChI is InChI=1S/C30H26O2/c31-29-25-14-19-7-3-1-5-17(19)9-21(25)11-23-13-24-12-22-10-18-6-2-4-8-20(18)15-26(22)30(32)28(24)16-27(23)29/h9-10,13-16H,1-8,11-12H2. The number of rotatable bonds is 0. The molecule has 32 heavy (non-hydrogen) atoms. The maximum Gasteiger partial charge on any atom is 0.193 e. The van der Waals surface area contributed by atoms with Crippen LogP contribution in [0.1, 0.15) is 102 Å². The first kappa shape index (κ1) is 18.6. The predicted molar refractivity (Wildman–Crippen MR) is 125 cm³/mol. The summed E-state index contributed by atoms with van der Waals surface area (Å²) >= 11 is 0. The highest BCUT2D eigenvalue weighted by molar-refractivity contribution is 6.17. The van der Waals surface area contributed by atoms with Crippen molar-refractivity contribution in [3.8, 4) is 0 Å². The number of carbonyl (C=O) groups is 2. The number of aryl methyl sites for hydroxylation is 4. The van der Waals surface area contributed by atoms with E-state index < -0.39 is 0 Å². The first-order valence-electron chi connectivity index (χ1n) is 12.2. The van der Waals surface area contributed by atoms with Crippen molar-refractivity contribution in [1.82, 2.24) is 0 Å². The van der Waals surface area contributed by atoms with Crippen LogP contribution < -0.4 is 0 Å². The van der Waals surface area contributed by atoms with E-state index >= 15 is 0 Å². The van der Waals surface area contributed by atoms with Crippen molar-refractivity contribution in [3.05, 3.63) is 103 Å². The average molecular weight is 419 g/mol. The van der Waals surface area contributed by atoms with Crippen LogP contribution in [-0.4, -0.2) is 11.6 Å². The first-order valence-corrected chi connectivity index (χ1v) is 12.2. The molecule has 4 aliphatic carbocycles. The van der Waals surface area contributed by atoms with Gasteiger partial charge in [0.05, 0.1) is 0 Å². The molecule has 0 saturated heterocycles. The molecule has 0 radical (unpaired) electrons. The van der Waals surface area contributed by atoms with E-state index in [9.17, 15) is 9.59 Å². The summed E-state index contributed by atoms with van der Waals surface area (Å²) in [6, 6.07) is 13.0. The molecule has 0 amide bonds. The van der Waals surface area contributed by atoms with E-state index in [1.165, 1.54) is 59.1 Å². The summed E-state index contributed by atoms with van der Waals surface area (Å²) in [4.78, 5) is 27.0. The molecule has 0 heterocycles. The molecule has 0 bridgehead atoms. The maximum atomic E-state index is 13.5. The maximum absolute atomic E-state index is 13.5. The van der Waals surface area contributed by atoms with E-state index in [0.717, 1.165) is 71.9 Å². The minimum absolute atomic E-state index is 0.0986. The SMILES string of the molecule is O=C1c2cc3c(cc2Cc2cc4c(cc21)C(=O)c1cc2c(cc1C4)CCCC2)CCCC3. The van der Waals surface area contributed by atoms with Gasteiger partial charge in [-0.15, -0.1) is 0 Å². The van der Waals surface area contributed by atoms with Crippen LogP contribution in [0.15, 0.2) is 36.4 Å². The van der Waals surface area contributed by atoms with Gasteiger partial charge in [0.25, 0.3) is 0 Å². The molecule has 0 fully saturated rings. The fourth-order valence-corrected chi connectivity index (χ4v) is 6.50. The van der Waals surface area contributed by atoms with Gasteiger partial charge in [0.1, 0.15) is 0 Å². The number of hydrogen-bond donors (Lipinski definition) is 0. The van der Waals surface area contributed by atoms with Crippen LogP contribution in [0, 0.1) is 0 Å². The highest BCUT2D eigenvalue weighted by Gasteiger charge is 2.31. The van der Waals surface area contributed by atoms with Gasteiger partial charge in [-0.2, -0.15) is 0 Å². The van der Waals surface area contributed by atoms with Crippen LogP contribution in [-0.2, 0) is 38.5 Å². The molecule has 158 valence electrons. The summed E-state index contributed by atoms with van der Waals surface area (Å²) in [6.07, 6.45) is 10.9. The van der Waals surface area contributed by atoms with E-state index in [1.54, 1.807) is 0 Å². The third kappa shape index (κ3) is 2.65. The molecule has 0 N–H and O–H groups in total. The number of carbonyl (C=O) groups excluding carboxylic acids is 2. The van der Waals surface area contributed by atoms with Gasteiger partial charge in [0.15, 0.2) is 11.6 Å². The van der Waals surface area contributed by atoms with E-state index in [-0.39, 0.29) is 11.6 Å². The van der Waals surface area contributed by atoms with E-state index in [4.69, 9.17) is 0 Å². The van der Waals surface area contributed by atoms with Gasteiger partial charge in [0.2, 0.25) is 0 Å². The average Bonchev–Trinajstić information content (AvgIpc) is 2.82. The summed E-state index contributed by atoms with van der Waals surface area (Å²) in [5.41, 5.74) is 13.3. The van der Waals surface area contributed by atoms with Crippen molar-refractivity contribution in [3.63, 3.8) is 0 Å². The van der Waals surface area contributed by atoms with Crippen molar-refractivity contribution < 1.29 is 9.59 Å². The second-order valence-corrected chi connectivity index (χ2v) is 10.1. The van der Waals surface area contributed by atoms with E-state index in [1.807, 2.05) is 6.07 Å². The minimum atomic E-state index is 0.0986. The molecule has 0 saturated carbocycles. The monoisotopic (exact) mass is 418 g/mol. The molecule has 2 heteroatoms. The van der Waals surface area contributed by atoms with Gasteiger partial charge in [-0.05, 0) is 127 Å². The van der Waals surface area contributed by atoms with Gasteiger partial charge in [0, 0.05) is 22.3 Å². The Labute approximate surface area is 188 Å². The topological polar surface area (TPSA) is 34.1 Å². The van der Waals surface area contributed by atoms with Gasteiger partial charge in [-0.3, -0.25) is 9.59 Å². The fraction of sp³-hybridized carbons (Fsp3) is 0.333. The van der Waals surface area contributed by atoms with Crippen LogP contribution in [0.2, 0.25) is 0 Å². The van der Waals surface area contributed by atoms with Crippen LogP contribution >= 0.6 is 0 Å². The largest absolute Gasteiger partial charge is 0.289 e. The van der Waals surface area contributed by atoms with Gasteiger partial charge in [-0.1, -0.05) is 18.2 Å². The Morgan fingerprint density at radius 1 is 0.375 bits per heavy atom. The molecular formula is C30H26O2. The third-order valence-corrected chi connectivity index (χ3v) is 8.20. The zero-order valence-corrected chi connectivity index (χ0v) is 18.4. The Bertz CT molecular complexity index is 1260. The second kappa shape index (κ2) is 6.75. The van der Waals surface area contributed by atoms with Crippen LogP contribution in [0.25, 0.3) is 0 Å². The lowest BCUT2D eigenvalue weighted by Crippen LogP contribution is -2.22. The van der Waals surface area contributed by atoms with E-state index in [0.29, 0.717) is 0 Å². The Hall–Kier alpha value is -3.00. The number of ketones is 2. The Balaban J connectivity index is 1.33. The Morgan fingerprint density at radius 2 is 0.688 bits per heavy atom. The molecule has 3 aromatic rings. The molecule has 0 atom stereocenters. The molecule has 0 aliphatic heterocycles. The molecule has 4 aliphatic rings. The number of fused-ring (bicyclic) bond motifs is 6. The van der Waals surface area contributed by atoms with Crippen molar-refractivity contribution in [1.29, 1.82) is 0 Å². The molecule has 7 rings (SSSR count). The fourth-order valence-electron chi connectivity index (χ4n) is 6.50.